The zero-order valence-electron chi connectivity index (χ0n) is 16.3. The first kappa shape index (κ1) is 21.9. The van der Waals surface area contributed by atoms with Gasteiger partial charge in [-0.25, -0.2) is 0 Å². The standard InChI is InChI=1S/C23H20Cl2N2O3/c1-30-22-17(12-26)10-15-4-2-3-5-18(15)21(22)23(29)27-13-16(8-9-28)14-6-7-19(24)20(25)11-14/h2-7,10-11,16,28H,8-9,13H2,1H3,(H,27,29)/t16-/m1/s1. The zero-order valence-corrected chi connectivity index (χ0v) is 17.8. The number of nitrogens with one attached hydrogen (secondary N) is 1. The normalized spacial score (nSPS) is 11.7. The van der Waals surface area contributed by atoms with Crippen molar-refractivity contribution in [2.75, 3.05) is 20.3 Å². The van der Waals surface area contributed by atoms with Gasteiger partial charge in [0.05, 0.1) is 28.3 Å². The topological polar surface area (TPSA) is 82.3 Å². The summed E-state index contributed by atoms with van der Waals surface area (Å²) in [5.41, 5.74) is 1.46. The first-order valence-corrected chi connectivity index (χ1v) is 10.1. The van der Waals surface area contributed by atoms with E-state index in [2.05, 4.69) is 11.4 Å². The Kier molecular flexibility index (Phi) is 7.17. The van der Waals surface area contributed by atoms with Crippen LogP contribution in [0.3, 0.4) is 0 Å². The summed E-state index contributed by atoms with van der Waals surface area (Å²) in [7, 11) is 1.44. The van der Waals surface area contributed by atoms with Crippen LogP contribution in [-0.4, -0.2) is 31.3 Å². The molecule has 7 heteroatoms. The van der Waals surface area contributed by atoms with Crippen molar-refractivity contribution in [3.05, 3.63) is 75.3 Å². The third kappa shape index (κ3) is 4.52. The molecule has 0 aliphatic heterocycles. The highest BCUT2D eigenvalue weighted by Gasteiger charge is 2.22. The molecule has 0 aromatic heterocycles. The van der Waals surface area contributed by atoms with E-state index in [0.717, 1.165) is 10.9 Å². The molecule has 154 valence electrons. The molecule has 0 aliphatic rings. The summed E-state index contributed by atoms with van der Waals surface area (Å²) in [5.74, 6) is -0.282. The first-order chi connectivity index (χ1) is 14.5. The van der Waals surface area contributed by atoms with Crippen molar-refractivity contribution >= 4 is 39.9 Å². The maximum absolute atomic E-state index is 13.2. The van der Waals surface area contributed by atoms with E-state index in [1.54, 1.807) is 18.2 Å². The quantitative estimate of drug-likeness (QED) is 0.543. The minimum Gasteiger partial charge on any atom is -0.495 e. The maximum atomic E-state index is 13.2. The monoisotopic (exact) mass is 442 g/mol. The molecule has 0 aliphatic carbocycles. The van der Waals surface area contributed by atoms with Gasteiger partial charge < -0.3 is 15.2 Å². The number of amides is 1. The Morgan fingerprint density at radius 1 is 1.20 bits per heavy atom. The first-order valence-electron chi connectivity index (χ1n) is 9.34. The van der Waals surface area contributed by atoms with E-state index in [1.807, 2.05) is 30.3 Å². The Labute approximate surface area is 184 Å². The molecule has 0 saturated carbocycles. The van der Waals surface area contributed by atoms with Gasteiger partial charge in [-0.05, 0) is 41.0 Å². The summed E-state index contributed by atoms with van der Waals surface area (Å²) in [5, 5.41) is 24.2. The molecule has 1 amide bonds. The van der Waals surface area contributed by atoms with Crippen molar-refractivity contribution in [1.82, 2.24) is 5.32 Å². The number of halogens is 2. The number of hydrogen-bond acceptors (Lipinski definition) is 4. The van der Waals surface area contributed by atoms with Crippen molar-refractivity contribution in [2.24, 2.45) is 0 Å². The van der Waals surface area contributed by atoms with Crippen LogP contribution in [0.5, 0.6) is 5.75 Å². The number of carbonyl (C=O) groups is 1. The maximum Gasteiger partial charge on any atom is 0.255 e. The van der Waals surface area contributed by atoms with Crippen LogP contribution in [0.1, 0.15) is 33.8 Å². The SMILES string of the molecule is COc1c(C#N)cc2ccccc2c1C(=O)NC[C@@H](CCO)c1ccc(Cl)c(Cl)c1. The summed E-state index contributed by atoms with van der Waals surface area (Å²) >= 11 is 12.1. The predicted octanol–water partition coefficient (Wildman–Crippen LogP) is 4.92. The third-order valence-corrected chi connectivity index (χ3v) is 5.69. The molecule has 0 bridgehead atoms. The Bertz CT molecular complexity index is 1130. The van der Waals surface area contributed by atoms with E-state index in [0.29, 0.717) is 27.4 Å². The number of ether oxygens (including phenoxy) is 1. The number of aliphatic hydroxyl groups excluding tert-OH is 1. The van der Waals surface area contributed by atoms with E-state index in [1.165, 1.54) is 7.11 Å². The number of carbonyl (C=O) groups excluding carboxylic acids is 1. The van der Waals surface area contributed by atoms with Gasteiger partial charge in [-0.3, -0.25) is 4.79 Å². The van der Waals surface area contributed by atoms with E-state index in [4.69, 9.17) is 27.9 Å². The van der Waals surface area contributed by atoms with Gasteiger partial charge in [0.15, 0.2) is 0 Å². The van der Waals surface area contributed by atoms with E-state index < -0.39 is 0 Å². The van der Waals surface area contributed by atoms with Crippen LogP contribution in [0.4, 0.5) is 0 Å². The number of nitrogens with zero attached hydrogens (tertiary/aromatic N) is 1. The fraction of sp³-hybridized carbons (Fsp3) is 0.217. The second-order valence-corrected chi connectivity index (χ2v) is 7.57. The van der Waals surface area contributed by atoms with Crippen molar-refractivity contribution in [3.8, 4) is 11.8 Å². The third-order valence-electron chi connectivity index (χ3n) is 4.95. The Hall–Kier alpha value is -2.78. The Morgan fingerprint density at radius 3 is 2.63 bits per heavy atom. The molecule has 5 nitrogen and oxygen atoms in total. The number of aliphatic hydroxyl groups is 1. The van der Waals surface area contributed by atoms with Gasteiger partial charge in [-0.2, -0.15) is 5.26 Å². The molecule has 0 heterocycles. The fourth-order valence-corrected chi connectivity index (χ4v) is 3.77. The number of nitriles is 1. The lowest BCUT2D eigenvalue weighted by molar-refractivity contribution is 0.0948. The average Bonchev–Trinajstić information content (AvgIpc) is 2.76. The van der Waals surface area contributed by atoms with Gasteiger partial charge in [0, 0.05) is 19.1 Å². The predicted molar refractivity (Wildman–Crippen MR) is 118 cm³/mol. The lowest BCUT2D eigenvalue weighted by Gasteiger charge is -2.19. The molecule has 1 atom stereocenters. The van der Waals surface area contributed by atoms with E-state index >= 15 is 0 Å². The van der Waals surface area contributed by atoms with E-state index in [-0.39, 0.29) is 36.3 Å². The molecule has 0 spiro atoms. The lowest BCUT2D eigenvalue weighted by atomic mass is 9.95. The summed E-state index contributed by atoms with van der Waals surface area (Å²) in [4.78, 5) is 13.2. The van der Waals surface area contributed by atoms with Crippen molar-refractivity contribution < 1.29 is 14.6 Å². The van der Waals surface area contributed by atoms with E-state index in [9.17, 15) is 15.2 Å². The highest BCUT2D eigenvalue weighted by molar-refractivity contribution is 6.42. The summed E-state index contributed by atoms with van der Waals surface area (Å²) in [6.45, 7) is 0.225. The van der Waals surface area contributed by atoms with Gasteiger partial charge in [-0.1, -0.05) is 53.5 Å². The van der Waals surface area contributed by atoms with Gasteiger partial charge in [0.1, 0.15) is 11.8 Å². The fourth-order valence-electron chi connectivity index (χ4n) is 3.46. The van der Waals surface area contributed by atoms with Crippen LogP contribution in [0.25, 0.3) is 10.8 Å². The molecule has 0 radical (unpaired) electrons. The van der Waals surface area contributed by atoms with Crippen LogP contribution >= 0.6 is 23.2 Å². The molecular formula is C23H20Cl2N2O3. The van der Waals surface area contributed by atoms with Gasteiger partial charge >= 0.3 is 0 Å². The minimum absolute atomic E-state index is 0.0447. The molecule has 0 saturated heterocycles. The van der Waals surface area contributed by atoms with Crippen molar-refractivity contribution in [2.45, 2.75) is 12.3 Å². The molecule has 3 rings (SSSR count). The molecular weight excluding hydrogens is 423 g/mol. The van der Waals surface area contributed by atoms with Gasteiger partial charge in [0.25, 0.3) is 5.91 Å². The Balaban J connectivity index is 1.94. The highest BCUT2D eigenvalue weighted by Crippen LogP contribution is 2.32. The minimum atomic E-state index is -0.358. The molecule has 3 aromatic carbocycles. The van der Waals surface area contributed by atoms with Crippen LogP contribution in [0, 0.1) is 11.3 Å². The molecule has 2 N–H and O–H groups in total. The number of hydrogen-bond donors (Lipinski definition) is 2. The second kappa shape index (κ2) is 9.82. The highest BCUT2D eigenvalue weighted by atomic mass is 35.5. The Morgan fingerprint density at radius 2 is 1.97 bits per heavy atom. The zero-order chi connectivity index (χ0) is 21.7. The van der Waals surface area contributed by atoms with Crippen molar-refractivity contribution in [1.29, 1.82) is 5.26 Å². The van der Waals surface area contributed by atoms with Crippen molar-refractivity contribution in [3.63, 3.8) is 0 Å². The summed E-state index contributed by atoms with van der Waals surface area (Å²) in [6, 6.07) is 16.4. The molecule has 0 unspecified atom stereocenters. The second-order valence-electron chi connectivity index (χ2n) is 6.76. The number of rotatable bonds is 7. The smallest absolute Gasteiger partial charge is 0.255 e. The van der Waals surface area contributed by atoms with Crippen LogP contribution in [-0.2, 0) is 0 Å². The van der Waals surface area contributed by atoms with Gasteiger partial charge in [-0.15, -0.1) is 0 Å². The molecule has 3 aromatic rings. The molecule has 0 fully saturated rings. The van der Waals surface area contributed by atoms with Crippen LogP contribution in [0.15, 0.2) is 48.5 Å². The van der Waals surface area contributed by atoms with Crippen LogP contribution in [0.2, 0.25) is 10.0 Å². The average molecular weight is 443 g/mol. The van der Waals surface area contributed by atoms with Crippen LogP contribution < -0.4 is 10.1 Å². The number of fused-ring (bicyclic) bond motifs is 1. The molecule has 30 heavy (non-hydrogen) atoms. The number of benzene rings is 3. The summed E-state index contributed by atoms with van der Waals surface area (Å²) < 4.78 is 5.41. The summed E-state index contributed by atoms with van der Waals surface area (Å²) in [6.07, 6.45) is 0.439. The largest absolute Gasteiger partial charge is 0.495 e. The van der Waals surface area contributed by atoms with Gasteiger partial charge in [0.2, 0.25) is 0 Å². The number of methoxy groups -OCH3 is 1. The lowest BCUT2D eigenvalue weighted by Crippen LogP contribution is -2.29.